The summed E-state index contributed by atoms with van der Waals surface area (Å²) in [6.07, 6.45) is 0. The first-order chi connectivity index (χ1) is 15.7. The summed E-state index contributed by atoms with van der Waals surface area (Å²) < 4.78 is 38.0. The maximum absolute atomic E-state index is 11.5. The van der Waals surface area contributed by atoms with Crippen LogP contribution in [0.25, 0.3) is 44.3 Å². The van der Waals surface area contributed by atoms with Gasteiger partial charge in [0.05, 0.1) is 28.5 Å². The molecule has 5 aromatic rings. The Bertz CT molecular complexity index is 1670. The number of phenols is 1. The molecule has 10 heteroatoms. The van der Waals surface area contributed by atoms with Crippen LogP contribution in [0, 0.1) is 0 Å². The van der Waals surface area contributed by atoms with Crippen LogP contribution in [0.1, 0.15) is 0 Å². The van der Waals surface area contributed by atoms with Crippen molar-refractivity contribution in [1.29, 1.82) is 0 Å². The number of phenolic OH excluding ortho intramolecular Hbond substituents is 1. The molecule has 0 saturated carbocycles. The molecule has 34 heavy (non-hydrogen) atoms. The number of hydrogen-bond acceptors (Lipinski definition) is 5. The van der Waals surface area contributed by atoms with Crippen molar-refractivity contribution >= 4 is 55.9 Å². The molecule has 0 spiro atoms. The van der Waals surface area contributed by atoms with E-state index in [-0.39, 0.29) is 23.1 Å². The van der Waals surface area contributed by atoms with Gasteiger partial charge in [-0.1, -0.05) is 35.9 Å². The van der Waals surface area contributed by atoms with Crippen molar-refractivity contribution in [3.63, 3.8) is 0 Å². The number of fused-ring (bicyclic) bond motifs is 3. The molecule has 0 bridgehead atoms. The zero-order valence-corrected chi connectivity index (χ0v) is 20.0. The zero-order chi connectivity index (χ0) is 23.3. The number of imidazole rings is 1. The van der Waals surface area contributed by atoms with Gasteiger partial charge in [0.25, 0.3) is 10.1 Å². The van der Waals surface area contributed by atoms with Gasteiger partial charge in [-0.3, -0.25) is 4.55 Å². The molecule has 0 atom stereocenters. The van der Waals surface area contributed by atoms with E-state index in [1.54, 1.807) is 19.2 Å². The smallest absolute Gasteiger partial charge is 0.294 e. The average molecular weight is 517 g/mol. The summed E-state index contributed by atoms with van der Waals surface area (Å²) in [6, 6.07) is 18.9. The van der Waals surface area contributed by atoms with Crippen LogP contribution in [0.2, 0.25) is 5.02 Å². The van der Waals surface area contributed by atoms with Crippen molar-refractivity contribution in [3.05, 3.63) is 71.8 Å². The van der Waals surface area contributed by atoms with Crippen molar-refractivity contribution in [2.45, 2.75) is 4.90 Å². The first-order valence-electron chi connectivity index (χ1n) is 9.82. The Morgan fingerprint density at radius 2 is 1.76 bits per heavy atom. The van der Waals surface area contributed by atoms with E-state index in [2.05, 4.69) is 9.97 Å². The zero-order valence-electron chi connectivity index (χ0n) is 17.6. The molecule has 0 amide bonds. The van der Waals surface area contributed by atoms with Crippen molar-refractivity contribution in [3.8, 4) is 34.0 Å². The third-order valence-corrected chi connectivity index (χ3v) is 6.50. The van der Waals surface area contributed by atoms with Crippen LogP contribution in [0.15, 0.2) is 71.6 Å². The Morgan fingerprint density at radius 3 is 2.47 bits per heavy atom. The maximum atomic E-state index is 11.5. The number of rotatable bonds is 4. The Balaban J connectivity index is 0.00000274. The Hall–Kier alpha value is -3.30. The number of H-pyrrole nitrogens is 1. The molecule has 4 aromatic carbocycles. The highest BCUT2D eigenvalue weighted by molar-refractivity contribution is 7.85. The van der Waals surface area contributed by atoms with Crippen molar-refractivity contribution in [2.24, 2.45) is 0 Å². The summed E-state index contributed by atoms with van der Waals surface area (Å²) in [6.45, 7) is 0. The van der Waals surface area contributed by atoms with E-state index in [1.807, 2.05) is 42.5 Å². The highest BCUT2D eigenvalue weighted by Gasteiger charge is 2.18. The molecule has 1 heterocycles. The lowest BCUT2D eigenvalue weighted by atomic mass is 10.0. The van der Waals surface area contributed by atoms with Crippen molar-refractivity contribution in [2.75, 3.05) is 7.11 Å². The number of hydrogen-bond donors (Lipinski definition) is 3. The van der Waals surface area contributed by atoms with Gasteiger partial charge in [0.15, 0.2) is 0 Å². The number of nitrogens with zero attached hydrogens (tertiary/aromatic N) is 1. The van der Waals surface area contributed by atoms with Crippen LogP contribution >= 0.6 is 24.0 Å². The van der Waals surface area contributed by atoms with Crippen LogP contribution in [0.4, 0.5) is 0 Å². The molecule has 0 aliphatic carbocycles. The van der Waals surface area contributed by atoms with Crippen LogP contribution in [0.5, 0.6) is 11.5 Å². The third kappa shape index (κ3) is 4.17. The maximum Gasteiger partial charge on any atom is 0.294 e. The Kier molecular flexibility index (Phi) is 6.18. The summed E-state index contributed by atoms with van der Waals surface area (Å²) in [5, 5.41) is 11.9. The van der Waals surface area contributed by atoms with Crippen LogP contribution in [-0.4, -0.2) is 35.2 Å². The van der Waals surface area contributed by atoms with E-state index in [0.29, 0.717) is 44.0 Å². The fraction of sp³-hybridized carbons (Fsp3) is 0.0417. The molecule has 0 saturated heterocycles. The topological polar surface area (TPSA) is 113 Å². The lowest BCUT2D eigenvalue weighted by Gasteiger charge is -2.09. The third-order valence-electron chi connectivity index (χ3n) is 5.43. The van der Waals surface area contributed by atoms with Gasteiger partial charge >= 0.3 is 0 Å². The summed E-state index contributed by atoms with van der Waals surface area (Å²) in [4.78, 5) is 7.50. The molecule has 0 unspecified atom stereocenters. The summed E-state index contributed by atoms with van der Waals surface area (Å²) in [7, 11) is -2.89. The van der Waals surface area contributed by atoms with Gasteiger partial charge in [-0.25, -0.2) is 4.98 Å². The number of benzene rings is 4. The second-order valence-corrected chi connectivity index (χ2v) is 9.35. The molecule has 7 nitrogen and oxygen atoms in total. The number of ether oxygens (including phenoxy) is 1. The van der Waals surface area contributed by atoms with Crippen LogP contribution < -0.4 is 4.74 Å². The predicted molar refractivity (Wildman–Crippen MR) is 135 cm³/mol. The number of methoxy groups -OCH3 is 1. The van der Waals surface area contributed by atoms with E-state index in [0.717, 1.165) is 17.2 Å². The normalized spacial score (nSPS) is 11.5. The molecule has 174 valence electrons. The van der Waals surface area contributed by atoms with Gasteiger partial charge < -0.3 is 14.8 Å². The summed E-state index contributed by atoms with van der Waals surface area (Å²) in [5.41, 5.74) is 3.69. The second kappa shape index (κ2) is 8.81. The quantitative estimate of drug-likeness (QED) is 0.249. The van der Waals surface area contributed by atoms with E-state index < -0.39 is 10.1 Å². The molecule has 0 radical (unpaired) electrons. The molecule has 3 N–H and O–H groups in total. The van der Waals surface area contributed by atoms with E-state index in [9.17, 15) is 18.1 Å². The molecule has 0 aliphatic heterocycles. The standard InChI is InChI=1S/C24H17ClN2O5S.ClH/c1-32-21-11-14(13-3-2-4-16(25)9-13)5-7-18(21)24-26-19-8-6-15-10-17(33(29,30)31)12-20(28)22(15)23(19)27-24;/h2-12,28H,1H3,(H,26,27)(H,29,30,31);1H. The Morgan fingerprint density at radius 1 is 1.00 bits per heavy atom. The van der Waals surface area contributed by atoms with Gasteiger partial charge in [-0.2, -0.15) is 8.42 Å². The predicted octanol–water partition coefficient (Wildman–Crippen LogP) is 6.09. The van der Waals surface area contributed by atoms with E-state index in [1.165, 1.54) is 6.07 Å². The minimum atomic E-state index is -4.46. The van der Waals surface area contributed by atoms with E-state index in [4.69, 9.17) is 16.3 Å². The highest BCUT2D eigenvalue weighted by atomic mass is 35.5. The molecular formula is C24H18Cl2N2O5S. The Labute approximate surface area is 206 Å². The fourth-order valence-corrected chi connectivity index (χ4v) is 4.62. The minimum absolute atomic E-state index is 0. The molecule has 1 aromatic heterocycles. The first-order valence-corrected chi connectivity index (χ1v) is 11.6. The van der Waals surface area contributed by atoms with Crippen molar-refractivity contribution < 1.29 is 22.8 Å². The number of aromatic nitrogens is 2. The SMILES string of the molecule is COc1cc(-c2cccc(Cl)c2)ccc1-c1nc2c(ccc3cc(S(=O)(=O)O)cc(O)c32)[nH]1.Cl. The van der Waals surface area contributed by atoms with E-state index >= 15 is 0 Å². The van der Waals surface area contributed by atoms with Gasteiger partial charge in [-0.05, 0) is 52.9 Å². The molecule has 0 aliphatic rings. The summed E-state index contributed by atoms with van der Waals surface area (Å²) >= 11 is 6.12. The number of aromatic hydroxyl groups is 1. The second-order valence-electron chi connectivity index (χ2n) is 7.49. The lowest BCUT2D eigenvalue weighted by molar-refractivity contribution is 0.416. The fourth-order valence-electron chi connectivity index (χ4n) is 3.89. The summed E-state index contributed by atoms with van der Waals surface area (Å²) in [5.74, 6) is 0.811. The minimum Gasteiger partial charge on any atom is -0.507 e. The monoisotopic (exact) mass is 516 g/mol. The van der Waals surface area contributed by atoms with Gasteiger partial charge in [0.1, 0.15) is 22.8 Å². The lowest BCUT2D eigenvalue weighted by Crippen LogP contribution is -1.97. The highest BCUT2D eigenvalue weighted by Crippen LogP contribution is 2.38. The van der Waals surface area contributed by atoms with Gasteiger partial charge in [0.2, 0.25) is 0 Å². The van der Waals surface area contributed by atoms with Gasteiger partial charge in [-0.15, -0.1) is 12.4 Å². The number of halogens is 2. The van der Waals surface area contributed by atoms with Crippen molar-refractivity contribution in [1.82, 2.24) is 9.97 Å². The molecule has 5 rings (SSSR count). The first kappa shape index (κ1) is 23.8. The number of nitrogens with one attached hydrogen (secondary N) is 1. The van der Waals surface area contributed by atoms with Crippen LogP contribution in [0.3, 0.4) is 0 Å². The number of aromatic amines is 1. The largest absolute Gasteiger partial charge is 0.507 e. The molecule has 0 fully saturated rings. The molecular weight excluding hydrogens is 499 g/mol. The average Bonchev–Trinajstić information content (AvgIpc) is 3.22. The van der Waals surface area contributed by atoms with Gasteiger partial charge in [0, 0.05) is 11.1 Å². The van der Waals surface area contributed by atoms with Crippen LogP contribution in [-0.2, 0) is 10.1 Å².